The zero-order chi connectivity index (χ0) is 16.1. The number of hydrogen-bond donors (Lipinski definition) is 1. The number of nitrogens with one attached hydrogen (secondary N) is 1. The second-order valence-electron chi connectivity index (χ2n) is 4.21. The molecule has 0 unspecified atom stereocenters. The van der Waals surface area contributed by atoms with Crippen LogP contribution in [0.2, 0.25) is 5.02 Å². The van der Waals surface area contributed by atoms with Gasteiger partial charge in [0.2, 0.25) is 0 Å². The standard InChI is InChI=1S/C15H14ClNO4S/c1-3-5-21-13-10(16)6-9(7-11(13)20-4-2)8-12-14(18)17-15(19)22-12/h3,6-8H,1,4-5H2,2H3,(H,17,18,19). The maximum absolute atomic E-state index is 11.6. The molecule has 7 heteroatoms. The third-order valence-electron chi connectivity index (χ3n) is 2.62. The molecular weight excluding hydrogens is 326 g/mol. The fourth-order valence-electron chi connectivity index (χ4n) is 1.79. The topological polar surface area (TPSA) is 64.6 Å². The van der Waals surface area contributed by atoms with E-state index in [1.54, 1.807) is 24.3 Å². The molecule has 0 atom stereocenters. The maximum Gasteiger partial charge on any atom is 0.290 e. The molecule has 1 fully saturated rings. The van der Waals surface area contributed by atoms with E-state index in [-0.39, 0.29) is 0 Å². The van der Waals surface area contributed by atoms with Crippen LogP contribution in [0.5, 0.6) is 11.5 Å². The highest BCUT2D eigenvalue weighted by molar-refractivity contribution is 8.18. The molecule has 0 bridgehead atoms. The highest BCUT2D eigenvalue weighted by Gasteiger charge is 2.25. The quantitative estimate of drug-likeness (QED) is 0.633. The van der Waals surface area contributed by atoms with Crippen molar-refractivity contribution < 1.29 is 19.1 Å². The molecule has 5 nitrogen and oxygen atoms in total. The van der Waals surface area contributed by atoms with Crippen molar-refractivity contribution in [1.82, 2.24) is 5.32 Å². The Morgan fingerprint density at radius 3 is 2.73 bits per heavy atom. The lowest BCUT2D eigenvalue weighted by atomic mass is 10.2. The molecule has 22 heavy (non-hydrogen) atoms. The summed E-state index contributed by atoms with van der Waals surface area (Å²) in [7, 11) is 0. The number of carbonyl (C=O) groups is 2. The van der Waals surface area contributed by atoms with Gasteiger partial charge in [-0.1, -0.05) is 24.3 Å². The van der Waals surface area contributed by atoms with Crippen LogP contribution in [0.4, 0.5) is 4.79 Å². The zero-order valence-corrected chi connectivity index (χ0v) is 13.4. The van der Waals surface area contributed by atoms with Crippen molar-refractivity contribution in [3.63, 3.8) is 0 Å². The Morgan fingerprint density at radius 1 is 1.36 bits per heavy atom. The number of hydrogen-bond acceptors (Lipinski definition) is 5. The summed E-state index contributed by atoms with van der Waals surface area (Å²) in [6, 6.07) is 3.35. The summed E-state index contributed by atoms with van der Waals surface area (Å²) in [4.78, 5) is 23.1. The van der Waals surface area contributed by atoms with E-state index in [0.29, 0.717) is 40.2 Å². The maximum atomic E-state index is 11.6. The molecule has 1 aliphatic rings. The number of thioether (sulfide) groups is 1. The summed E-state index contributed by atoms with van der Waals surface area (Å²) in [6.45, 7) is 6.17. The highest BCUT2D eigenvalue weighted by Crippen LogP contribution is 2.38. The Morgan fingerprint density at radius 2 is 2.14 bits per heavy atom. The van der Waals surface area contributed by atoms with Crippen molar-refractivity contribution in [1.29, 1.82) is 0 Å². The molecule has 116 valence electrons. The Hall–Kier alpha value is -1.92. The van der Waals surface area contributed by atoms with E-state index in [9.17, 15) is 9.59 Å². The normalized spacial score (nSPS) is 15.8. The number of amides is 2. The van der Waals surface area contributed by atoms with Crippen LogP contribution in [0.25, 0.3) is 6.08 Å². The number of imide groups is 1. The molecule has 0 radical (unpaired) electrons. The lowest BCUT2D eigenvalue weighted by Crippen LogP contribution is -2.17. The summed E-state index contributed by atoms with van der Waals surface area (Å²) < 4.78 is 11.0. The third kappa shape index (κ3) is 3.84. The van der Waals surface area contributed by atoms with Gasteiger partial charge in [-0.2, -0.15) is 0 Å². The highest BCUT2D eigenvalue weighted by atomic mass is 35.5. The molecule has 1 aromatic carbocycles. The first-order valence-electron chi connectivity index (χ1n) is 6.50. The molecule has 0 saturated carbocycles. The van der Waals surface area contributed by atoms with Crippen molar-refractivity contribution >= 4 is 40.6 Å². The molecule has 0 spiro atoms. The first-order chi connectivity index (χ1) is 10.5. The number of rotatable bonds is 6. The van der Waals surface area contributed by atoms with Crippen LogP contribution in [-0.4, -0.2) is 24.4 Å². The smallest absolute Gasteiger partial charge is 0.290 e. The fraction of sp³-hybridized carbons (Fsp3) is 0.200. The van der Waals surface area contributed by atoms with Crippen molar-refractivity contribution in [2.45, 2.75) is 6.92 Å². The number of benzene rings is 1. The molecule has 1 aromatic rings. The summed E-state index contributed by atoms with van der Waals surface area (Å²) >= 11 is 7.06. The van der Waals surface area contributed by atoms with Gasteiger partial charge in [-0.05, 0) is 42.5 Å². The van der Waals surface area contributed by atoms with Gasteiger partial charge in [-0.3, -0.25) is 14.9 Å². The van der Waals surface area contributed by atoms with E-state index in [0.717, 1.165) is 11.8 Å². The minimum Gasteiger partial charge on any atom is -0.490 e. The van der Waals surface area contributed by atoms with Crippen LogP contribution in [0.1, 0.15) is 12.5 Å². The summed E-state index contributed by atoms with van der Waals surface area (Å²) in [6.07, 6.45) is 3.18. The van der Waals surface area contributed by atoms with Crippen molar-refractivity contribution in [3.8, 4) is 11.5 Å². The zero-order valence-electron chi connectivity index (χ0n) is 11.8. The SMILES string of the molecule is C=CCOc1c(Cl)cc(C=C2SC(=O)NC2=O)cc1OCC. The fourth-order valence-corrected chi connectivity index (χ4v) is 2.74. The second-order valence-corrected chi connectivity index (χ2v) is 5.64. The van der Waals surface area contributed by atoms with Gasteiger partial charge in [0.1, 0.15) is 6.61 Å². The van der Waals surface area contributed by atoms with Gasteiger partial charge >= 0.3 is 0 Å². The second kappa shape index (κ2) is 7.38. The van der Waals surface area contributed by atoms with Crippen molar-refractivity contribution in [2.75, 3.05) is 13.2 Å². The Bertz CT molecular complexity index is 657. The third-order valence-corrected chi connectivity index (χ3v) is 3.71. The molecule has 0 aromatic heterocycles. The van der Waals surface area contributed by atoms with E-state index >= 15 is 0 Å². The molecule has 1 N–H and O–H groups in total. The van der Waals surface area contributed by atoms with Crippen LogP contribution >= 0.6 is 23.4 Å². The van der Waals surface area contributed by atoms with Crippen LogP contribution in [0.15, 0.2) is 29.7 Å². The lowest BCUT2D eigenvalue weighted by Gasteiger charge is -2.13. The predicted molar refractivity (Wildman–Crippen MR) is 87.4 cm³/mol. The summed E-state index contributed by atoms with van der Waals surface area (Å²) in [5, 5.41) is 2.16. The first-order valence-corrected chi connectivity index (χ1v) is 7.69. The van der Waals surface area contributed by atoms with Gasteiger partial charge in [0.25, 0.3) is 11.1 Å². The largest absolute Gasteiger partial charge is 0.490 e. The number of carbonyl (C=O) groups excluding carboxylic acids is 2. The van der Waals surface area contributed by atoms with E-state index in [4.69, 9.17) is 21.1 Å². The Balaban J connectivity index is 2.37. The van der Waals surface area contributed by atoms with Crippen molar-refractivity contribution in [3.05, 3.63) is 40.3 Å². The van der Waals surface area contributed by atoms with Crippen molar-refractivity contribution in [2.24, 2.45) is 0 Å². The number of ether oxygens (including phenoxy) is 2. The van der Waals surface area contributed by atoms with Gasteiger partial charge < -0.3 is 9.47 Å². The van der Waals surface area contributed by atoms with Crippen LogP contribution < -0.4 is 14.8 Å². The Labute approximate surface area is 137 Å². The predicted octanol–water partition coefficient (Wildman–Crippen LogP) is 3.63. The Kier molecular flexibility index (Phi) is 5.51. The van der Waals surface area contributed by atoms with Crippen LogP contribution in [0.3, 0.4) is 0 Å². The van der Waals surface area contributed by atoms with E-state index in [1.165, 1.54) is 0 Å². The molecular formula is C15H14ClNO4S. The minimum atomic E-state index is -0.420. The first kappa shape index (κ1) is 16.5. The summed E-state index contributed by atoms with van der Waals surface area (Å²) in [5.41, 5.74) is 0.645. The van der Waals surface area contributed by atoms with Gasteiger partial charge in [0, 0.05) is 0 Å². The molecule has 1 heterocycles. The molecule has 2 amide bonds. The monoisotopic (exact) mass is 339 g/mol. The molecule has 1 saturated heterocycles. The van der Waals surface area contributed by atoms with E-state index in [1.807, 2.05) is 6.92 Å². The van der Waals surface area contributed by atoms with Gasteiger partial charge in [0.05, 0.1) is 16.5 Å². The molecule has 2 rings (SSSR count). The van der Waals surface area contributed by atoms with Gasteiger partial charge in [-0.25, -0.2) is 0 Å². The average Bonchev–Trinajstić information content (AvgIpc) is 2.76. The van der Waals surface area contributed by atoms with E-state index < -0.39 is 11.1 Å². The number of halogens is 1. The van der Waals surface area contributed by atoms with Crippen LogP contribution in [-0.2, 0) is 4.79 Å². The van der Waals surface area contributed by atoms with Gasteiger partial charge in [0.15, 0.2) is 11.5 Å². The minimum absolute atomic E-state index is 0.299. The van der Waals surface area contributed by atoms with E-state index in [2.05, 4.69) is 11.9 Å². The van der Waals surface area contributed by atoms with Gasteiger partial charge in [-0.15, -0.1) is 0 Å². The molecule has 1 aliphatic heterocycles. The van der Waals surface area contributed by atoms with Crippen LogP contribution in [0, 0.1) is 0 Å². The summed E-state index contributed by atoms with van der Waals surface area (Å²) in [5.74, 6) is 0.472. The molecule has 0 aliphatic carbocycles. The lowest BCUT2D eigenvalue weighted by molar-refractivity contribution is -0.115. The average molecular weight is 340 g/mol.